The summed E-state index contributed by atoms with van der Waals surface area (Å²) in [6.45, 7) is 1.77. The van der Waals surface area contributed by atoms with E-state index in [0.717, 1.165) is 37.0 Å². The van der Waals surface area contributed by atoms with Gasteiger partial charge in [0.2, 0.25) is 0 Å². The van der Waals surface area contributed by atoms with Crippen LogP contribution in [0.15, 0.2) is 29.3 Å². The largest absolute Gasteiger partial charge is 0.356 e. The summed E-state index contributed by atoms with van der Waals surface area (Å²) in [6, 6.07) is 7.76. The number of benzene rings is 1. The van der Waals surface area contributed by atoms with Crippen molar-refractivity contribution in [2.24, 2.45) is 10.9 Å². The summed E-state index contributed by atoms with van der Waals surface area (Å²) in [7, 11) is 3.46. The van der Waals surface area contributed by atoms with Crippen molar-refractivity contribution in [3.05, 3.63) is 35.4 Å². The van der Waals surface area contributed by atoms with Gasteiger partial charge in [0.25, 0.3) is 5.91 Å². The molecule has 138 valence electrons. The lowest BCUT2D eigenvalue weighted by atomic mass is 9.87. The highest BCUT2D eigenvalue weighted by Gasteiger charge is 2.12. The Morgan fingerprint density at radius 3 is 2.64 bits per heavy atom. The maximum Gasteiger partial charge on any atom is 0.251 e. The zero-order valence-corrected chi connectivity index (χ0v) is 15.6. The molecule has 3 N–H and O–H groups in total. The van der Waals surface area contributed by atoms with Gasteiger partial charge >= 0.3 is 0 Å². The molecule has 0 atom stereocenters. The Hall–Kier alpha value is -2.04. The monoisotopic (exact) mass is 344 g/mol. The van der Waals surface area contributed by atoms with E-state index in [1.807, 2.05) is 31.3 Å². The zero-order chi connectivity index (χ0) is 17.9. The van der Waals surface area contributed by atoms with E-state index in [2.05, 4.69) is 20.9 Å². The van der Waals surface area contributed by atoms with Crippen LogP contribution < -0.4 is 16.0 Å². The van der Waals surface area contributed by atoms with Gasteiger partial charge in [0.1, 0.15) is 0 Å². The van der Waals surface area contributed by atoms with Crippen molar-refractivity contribution in [3.8, 4) is 0 Å². The molecule has 25 heavy (non-hydrogen) atoms. The number of hydrogen-bond donors (Lipinski definition) is 3. The molecule has 1 aliphatic carbocycles. The van der Waals surface area contributed by atoms with Crippen LogP contribution in [0, 0.1) is 5.92 Å². The third kappa shape index (κ3) is 6.77. The Balaban J connectivity index is 1.69. The van der Waals surface area contributed by atoms with Crippen LogP contribution in [0.1, 0.15) is 54.4 Å². The summed E-state index contributed by atoms with van der Waals surface area (Å²) in [5, 5.41) is 9.43. The van der Waals surface area contributed by atoms with E-state index in [0.29, 0.717) is 5.56 Å². The predicted octanol–water partition coefficient (Wildman–Crippen LogP) is 2.72. The van der Waals surface area contributed by atoms with Crippen molar-refractivity contribution in [1.82, 2.24) is 16.0 Å². The summed E-state index contributed by atoms with van der Waals surface area (Å²) < 4.78 is 0. The molecular formula is C20H32N4O. The first-order valence-electron chi connectivity index (χ1n) is 9.48. The predicted molar refractivity (Wildman–Crippen MR) is 104 cm³/mol. The van der Waals surface area contributed by atoms with E-state index < -0.39 is 0 Å². The van der Waals surface area contributed by atoms with Crippen molar-refractivity contribution in [1.29, 1.82) is 0 Å². The first-order chi connectivity index (χ1) is 12.2. The Morgan fingerprint density at radius 1 is 1.16 bits per heavy atom. The summed E-state index contributed by atoms with van der Waals surface area (Å²) in [5.74, 6) is 1.69. The van der Waals surface area contributed by atoms with Crippen LogP contribution in [0.2, 0.25) is 0 Å². The fourth-order valence-corrected chi connectivity index (χ4v) is 3.43. The summed E-state index contributed by atoms with van der Waals surface area (Å²) >= 11 is 0. The van der Waals surface area contributed by atoms with Crippen LogP contribution in [-0.2, 0) is 6.42 Å². The second-order valence-corrected chi connectivity index (χ2v) is 6.75. The third-order valence-corrected chi connectivity index (χ3v) is 4.92. The molecule has 0 radical (unpaired) electrons. The third-order valence-electron chi connectivity index (χ3n) is 4.92. The Bertz CT molecular complexity index is 565. The molecular weight excluding hydrogens is 312 g/mol. The number of rotatable bonds is 7. The Kier molecular flexibility index (Phi) is 8.29. The van der Waals surface area contributed by atoms with Gasteiger partial charge in [0.15, 0.2) is 5.96 Å². The molecule has 1 aliphatic rings. The van der Waals surface area contributed by atoms with Crippen LogP contribution in [0.3, 0.4) is 0 Å². The van der Waals surface area contributed by atoms with Crippen molar-refractivity contribution in [3.63, 3.8) is 0 Å². The van der Waals surface area contributed by atoms with Crippen LogP contribution in [0.4, 0.5) is 0 Å². The molecule has 1 amide bonds. The Labute approximate surface area is 151 Å². The van der Waals surface area contributed by atoms with Gasteiger partial charge in [0, 0.05) is 32.7 Å². The van der Waals surface area contributed by atoms with Gasteiger partial charge < -0.3 is 16.0 Å². The highest BCUT2D eigenvalue weighted by Crippen LogP contribution is 2.25. The minimum atomic E-state index is -0.0463. The molecule has 1 aromatic rings. The molecule has 1 saturated carbocycles. The normalized spacial score (nSPS) is 15.7. The SMILES string of the molecule is CN=C(NCCc1cccc(C(=O)NC)c1)NCCC1CCCCC1. The number of amides is 1. The molecule has 0 aliphatic heterocycles. The molecule has 5 nitrogen and oxygen atoms in total. The molecule has 0 aromatic heterocycles. The lowest BCUT2D eigenvalue weighted by Crippen LogP contribution is -2.39. The van der Waals surface area contributed by atoms with Crippen LogP contribution in [0.5, 0.6) is 0 Å². The standard InChI is InChI=1S/C20H32N4O/c1-21-19(25)18-10-6-9-17(15-18)12-14-24-20(22-2)23-13-11-16-7-4-3-5-8-16/h6,9-10,15-16H,3-5,7-8,11-14H2,1-2H3,(H,21,25)(H2,22,23,24). The lowest BCUT2D eigenvalue weighted by molar-refractivity contribution is 0.0963. The smallest absolute Gasteiger partial charge is 0.251 e. The lowest BCUT2D eigenvalue weighted by Gasteiger charge is -2.22. The van der Waals surface area contributed by atoms with Gasteiger partial charge in [-0.1, -0.05) is 44.2 Å². The number of guanidine groups is 1. The van der Waals surface area contributed by atoms with Crippen LogP contribution in [-0.4, -0.2) is 39.1 Å². The molecule has 2 rings (SSSR count). The average molecular weight is 345 g/mol. The Morgan fingerprint density at radius 2 is 1.92 bits per heavy atom. The molecule has 0 bridgehead atoms. The van der Waals surface area contributed by atoms with E-state index >= 15 is 0 Å². The zero-order valence-electron chi connectivity index (χ0n) is 15.6. The number of nitrogens with zero attached hydrogens (tertiary/aromatic N) is 1. The highest BCUT2D eigenvalue weighted by molar-refractivity contribution is 5.94. The second-order valence-electron chi connectivity index (χ2n) is 6.75. The molecule has 0 saturated heterocycles. The van der Waals surface area contributed by atoms with Gasteiger partial charge in [-0.05, 0) is 36.5 Å². The molecule has 0 unspecified atom stereocenters. The van der Waals surface area contributed by atoms with E-state index in [1.165, 1.54) is 38.5 Å². The first kappa shape index (κ1) is 19.3. The fraction of sp³-hybridized carbons (Fsp3) is 0.600. The first-order valence-corrected chi connectivity index (χ1v) is 9.48. The number of carbonyl (C=O) groups is 1. The van der Waals surface area contributed by atoms with Gasteiger partial charge in [-0.3, -0.25) is 9.79 Å². The summed E-state index contributed by atoms with van der Waals surface area (Å²) in [4.78, 5) is 16.0. The maximum absolute atomic E-state index is 11.7. The van der Waals surface area contributed by atoms with E-state index in [-0.39, 0.29) is 5.91 Å². The number of hydrogen-bond acceptors (Lipinski definition) is 2. The van der Waals surface area contributed by atoms with Crippen molar-refractivity contribution in [2.75, 3.05) is 27.2 Å². The van der Waals surface area contributed by atoms with Gasteiger partial charge in [-0.25, -0.2) is 0 Å². The topological polar surface area (TPSA) is 65.5 Å². The molecule has 1 aromatic carbocycles. The van der Waals surface area contributed by atoms with E-state index in [1.54, 1.807) is 7.05 Å². The van der Waals surface area contributed by atoms with Crippen LogP contribution in [0.25, 0.3) is 0 Å². The van der Waals surface area contributed by atoms with Crippen molar-refractivity contribution >= 4 is 11.9 Å². The average Bonchev–Trinajstić information content (AvgIpc) is 2.67. The second kappa shape index (κ2) is 10.7. The van der Waals surface area contributed by atoms with Gasteiger partial charge in [-0.2, -0.15) is 0 Å². The summed E-state index contributed by atoms with van der Waals surface area (Å²) in [6.07, 6.45) is 9.06. The van der Waals surface area contributed by atoms with E-state index in [4.69, 9.17) is 0 Å². The van der Waals surface area contributed by atoms with Crippen LogP contribution >= 0.6 is 0 Å². The van der Waals surface area contributed by atoms with Crippen molar-refractivity contribution < 1.29 is 4.79 Å². The van der Waals surface area contributed by atoms with Gasteiger partial charge in [0.05, 0.1) is 0 Å². The molecule has 1 fully saturated rings. The van der Waals surface area contributed by atoms with Crippen molar-refractivity contribution in [2.45, 2.75) is 44.9 Å². The van der Waals surface area contributed by atoms with E-state index in [9.17, 15) is 4.79 Å². The minimum Gasteiger partial charge on any atom is -0.356 e. The number of aliphatic imine (C=N–C) groups is 1. The molecule has 0 spiro atoms. The fourth-order valence-electron chi connectivity index (χ4n) is 3.43. The number of carbonyl (C=O) groups excluding carboxylic acids is 1. The molecule has 0 heterocycles. The maximum atomic E-state index is 11.7. The van der Waals surface area contributed by atoms with Gasteiger partial charge in [-0.15, -0.1) is 0 Å². The molecule has 5 heteroatoms. The summed E-state index contributed by atoms with van der Waals surface area (Å²) in [5.41, 5.74) is 1.85. The number of nitrogens with one attached hydrogen (secondary N) is 3. The highest BCUT2D eigenvalue weighted by atomic mass is 16.1. The quantitative estimate of drug-likeness (QED) is 0.526. The minimum absolute atomic E-state index is 0.0463.